The zero-order valence-electron chi connectivity index (χ0n) is 22.5. The Labute approximate surface area is 224 Å². The SMILES string of the molecule is CCOc1ccc(-c2ccccc2NC2(c3ccc(N(C)C)cc3N(C)C)OC(=O)c3ccccc32)cc1. The van der Waals surface area contributed by atoms with E-state index in [-0.39, 0.29) is 5.97 Å². The van der Waals surface area contributed by atoms with Crippen LogP contribution in [0.4, 0.5) is 17.1 Å². The molecule has 4 aromatic carbocycles. The zero-order chi connectivity index (χ0) is 26.9. The summed E-state index contributed by atoms with van der Waals surface area (Å²) >= 11 is 0. The first kappa shape index (κ1) is 25.2. The van der Waals surface area contributed by atoms with E-state index in [9.17, 15) is 4.79 Å². The van der Waals surface area contributed by atoms with Crippen LogP contribution < -0.4 is 19.9 Å². The Morgan fingerprint density at radius 3 is 2.16 bits per heavy atom. The van der Waals surface area contributed by atoms with Crippen molar-refractivity contribution in [1.82, 2.24) is 0 Å². The molecule has 0 fully saturated rings. The number of carbonyl (C=O) groups is 1. The molecule has 6 nitrogen and oxygen atoms in total. The molecule has 38 heavy (non-hydrogen) atoms. The van der Waals surface area contributed by atoms with Gasteiger partial charge in [0.1, 0.15) is 5.75 Å². The number of benzene rings is 4. The first-order chi connectivity index (χ1) is 18.3. The van der Waals surface area contributed by atoms with Crippen molar-refractivity contribution in [2.24, 2.45) is 0 Å². The summed E-state index contributed by atoms with van der Waals surface area (Å²) in [5, 5.41) is 3.69. The van der Waals surface area contributed by atoms with E-state index in [4.69, 9.17) is 9.47 Å². The van der Waals surface area contributed by atoms with Gasteiger partial charge < -0.3 is 24.6 Å². The van der Waals surface area contributed by atoms with Crippen LogP contribution in [-0.4, -0.2) is 40.8 Å². The standard InChI is InChI=1S/C32H33N3O3/c1-6-37-24-18-15-22(16-19-24)25-11-8-10-14-29(25)33-32(27-13-9-7-12-26(27)31(36)38-32)28-20-17-23(34(2)3)21-30(28)35(4)5/h7-21,33H,6H2,1-5H3. The average Bonchev–Trinajstić information content (AvgIpc) is 3.21. The molecule has 1 heterocycles. The maximum atomic E-state index is 13.3. The molecule has 0 saturated carbocycles. The summed E-state index contributed by atoms with van der Waals surface area (Å²) in [5.74, 6) is 0.474. The summed E-state index contributed by atoms with van der Waals surface area (Å²) in [5.41, 5.74) is 5.85. The zero-order valence-corrected chi connectivity index (χ0v) is 22.5. The van der Waals surface area contributed by atoms with E-state index < -0.39 is 5.72 Å². The van der Waals surface area contributed by atoms with Gasteiger partial charge in [-0.2, -0.15) is 0 Å². The predicted octanol–water partition coefficient (Wildman–Crippen LogP) is 6.37. The van der Waals surface area contributed by atoms with Crippen LogP contribution in [0.15, 0.2) is 91.0 Å². The third-order valence-electron chi connectivity index (χ3n) is 6.84. The van der Waals surface area contributed by atoms with Crippen molar-refractivity contribution in [2.45, 2.75) is 12.6 Å². The van der Waals surface area contributed by atoms with Crippen LogP contribution in [0.5, 0.6) is 5.75 Å². The molecule has 0 radical (unpaired) electrons. The topological polar surface area (TPSA) is 54.0 Å². The maximum Gasteiger partial charge on any atom is 0.341 e. The highest BCUT2D eigenvalue weighted by Crippen LogP contribution is 2.47. The molecule has 1 unspecified atom stereocenters. The first-order valence-electron chi connectivity index (χ1n) is 12.8. The summed E-state index contributed by atoms with van der Waals surface area (Å²) in [6.07, 6.45) is 0. The maximum absolute atomic E-state index is 13.3. The lowest BCUT2D eigenvalue weighted by Gasteiger charge is -2.35. The third kappa shape index (κ3) is 4.43. The number of carbonyl (C=O) groups excluding carboxylic acids is 1. The highest BCUT2D eigenvalue weighted by atomic mass is 16.6. The van der Waals surface area contributed by atoms with Crippen molar-refractivity contribution in [3.8, 4) is 16.9 Å². The van der Waals surface area contributed by atoms with Gasteiger partial charge in [-0.25, -0.2) is 4.79 Å². The lowest BCUT2D eigenvalue weighted by Crippen LogP contribution is -2.38. The minimum atomic E-state index is -1.22. The van der Waals surface area contributed by atoms with Crippen LogP contribution in [0.25, 0.3) is 11.1 Å². The number of nitrogens with one attached hydrogen (secondary N) is 1. The molecule has 6 heteroatoms. The van der Waals surface area contributed by atoms with Gasteiger partial charge in [0, 0.05) is 61.9 Å². The second-order valence-electron chi connectivity index (χ2n) is 9.73. The highest BCUT2D eigenvalue weighted by Gasteiger charge is 2.49. The van der Waals surface area contributed by atoms with Gasteiger partial charge in [-0.1, -0.05) is 48.5 Å². The summed E-state index contributed by atoms with van der Waals surface area (Å²) < 4.78 is 12.0. The number of ether oxygens (including phenoxy) is 2. The summed E-state index contributed by atoms with van der Waals surface area (Å²) in [6, 6.07) is 29.9. The molecule has 1 N–H and O–H groups in total. The number of esters is 1. The van der Waals surface area contributed by atoms with Gasteiger partial charge in [-0.15, -0.1) is 0 Å². The van der Waals surface area contributed by atoms with E-state index >= 15 is 0 Å². The average molecular weight is 508 g/mol. The molecule has 1 atom stereocenters. The number of anilines is 3. The van der Waals surface area contributed by atoms with Crippen molar-refractivity contribution in [2.75, 3.05) is 49.9 Å². The van der Waals surface area contributed by atoms with Crippen molar-refractivity contribution < 1.29 is 14.3 Å². The number of rotatable bonds is 8. The quantitative estimate of drug-likeness (QED) is 0.280. The van der Waals surface area contributed by atoms with Crippen LogP contribution in [0, 0.1) is 0 Å². The number of hydrogen-bond acceptors (Lipinski definition) is 6. The normalized spacial score (nSPS) is 16.0. The van der Waals surface area contributed by atoms with Gasteiger partial charge in [0.25, 0.3) is 0 Å². The third-order valence-corrected chi connectivity index (χ3v) is 6.84. The summed E-state index contributed by atoms with van der Waals surface area (Å²) in [7, 11) is 8.03. The highest BCUT2D eigenvalue weighted by molar-refractivity contribution is 5.97. The molecule has 0 saturated heterocycles. The molecule has 0 amide bonds. The first-order valence-corrected chi connectivity index (χ1v) is 12.8. The summed E-state index contributed by atoms with van der Waals surface area (Å²) in [6.45, 7) is 2.59. The largest absolute Gasteiger partial charge is 0.494 e. The van der Waals surface area contributed by atoms with Gasteiger partial charge in [0.15, 0.2) is 0 Å². The fourth-order valence-corrected chi connectivity index (χ4v) is 4.97. The van der Waals surface area contributed by atoms with E-state index in [0.29, 0.717) is 12.2 Å². The minimum Gasteiger partial charge on any atom is -0.494 e. The summed E-state index contributed by atoms with van der Waals surface area (Å²) in [4.78, 5) is 17.4. The Morgan fingerprint density at radius 2 is 1.47 bits per heavy atom. The van der Waals surface area contributed by atoms with Crippen molar-refractivity contribution in [3.05, 3.63) is 108 Å². The molecular formula is C32H33N3O3. The lowest BCUT2D eigenvalue weighted by molar-refractivity contribution is 0.0214. The van der Waals surface area contributed by atoms with Crippen LogP contribution in [0.2, 0.25) is 0 Å². The molecule has 5 rings (SSSR count). The van der Waals surface area contributed by atoms with Crippen LogP contribution in [0.1, 0.15) is 28.4 Å². The van der Waals surface area contributed by atoms with E-state index in [1.807, 2.05) is 108 Å². The number of fused-ring (bicyclic) bond motifs is 1. The molecule has 0 bridgehead atoms. The van der Waals surface area contributed by atoms with Crippen molar-refractivity contribution in [3.63, 3.8) is 0 Å². The van der Waals surface area contributed by atoms with Gasteiger partial charge in [0.2, 0.25) is 5.72 Å². The van der Waals surface area contributed by atoms with E-state index in [0.717, 1.165) is 45.1 Å². The van der Waals surface area contributed by atoms with E-state index in [1.165, 1.54) is 0 Å². The Morgan fingerprint density at radius 1 is 0.789 bits per heavy atom. The molecule has 4 aromatic rings. The van der Waals surface area contributed by atoms with Crippen LogP contribution in [-0.2, 0) is 10.5 Å². The van der Waals surface area contributed by atoms with E-state index in [2.05, 4.69) is 33.3 Å². The Hall–Kier alpha value is -4.45. The van der Waals surface area contributed by atoms with Gasteiger partial charge >= 0.3 is 5.97 Å². The molecule has 1 aliphatic rings. The van der Waals surface area contributed by atoms with E-state index in [1.54, 1.807) is 0 Å². The van der Waals surface area contributed by atoms with Gasteiger partial charge in [0.05, 0.1) is 12.2 Å². The second-order valence-corrected chi connectivity index (χ2v) is 9.73. The predicted molar refractivity (Wildman–Crippen MR) is 154 cm³/mol. The molecule has 0 aromatic heterocycles. The van der Waals surface area contributed by atoms with Crippen molar-refractivity contribution in [1.29, 1.82) is 0 Å². The second kappa shape index (κ2) is 10.1. The Balaban J connectivity index is 1.70. The smallest absolute Gasteiger partial charge is 0.341 e. The number of hydrogen-bond donors (Lipinski definition) is 1. The number of cyclic esters (lactones) is 1. The molecule has 194 valence electrons. The van der Waals surface area contributed by atoms with Crippen LogP contribution in [0.3, 0.4) is 0 Å². The molecular weight excluding hydrogens is 474 g/mol. The van der Waals surface area contributed by atoms with Crippen molar-refractivity contribution >= 4 is 23.0 Å². The minimum absolute atomic E-state index is 0.354. The molecule has 0 spiro atoms. The Kier molecular flexibility index (Phi) is 6.72. The van der Waals surface area contributed by atoms with Gasteiger partial charge in [-0.3, -0.25) is 0 Å². The number of para-hydroxylation sites is 1. The Bertz CT molecular complexity index is 1460. The molecule has 1 aliphatic heterocycles. The van der Waals surface area contributed by atoms with Crippen LogP contribution >= 0.6 is 0 Å². The lowest BCUT2D eigenvalue weighted by atomic mass is 9.90. The fourth-order valence-electron chi connectivity index (χ4n) is 4.97. The monoisotopic (exact) mass is 507 g/mol. The molecule has 0 aliphatic carbocycles. The number of nitrogens with zero attached hydrogens (tertiary/aromatic N) is 2. The van der Waals surface area contributed by atoms with Gasteiger partial charge in [-0.05, 0) is 55.0 Å². The fraction of sp³-hybridized carbons (Fsp3) is 0.219.